The number of rotatable bonds is 5. The van der Waals surface area contributed by atoms with Gasteiger partial charge in [-0.15, -0.1) is 0 Å². The third-order valence-corrected chi connectivity index (χ3v) is 3.46. The Morgan fingerprint density at radius 1 is 1.08 bits per heavy atom. The first-order chi connectivity index (χ1) is 11.9. The van der Waals surface area contributed by atoms with Gasteiger partial charge in [0, 0.05) is 6.54 Å². The molecule has 0 aromatic heterocycles. The van der Waals surface area contributed by atoms with Crippen LogP contribution in [0, 0.1) is 11.3 Å². The number of hydrogen-bond donors (Lipinski definition) is 1. The van der Waals surface area contributed by atoms with Crippen LogP contribution in [0.2, 0.25) is 0 Å². The molecule has 0 fully saturated rings. The number of benzene rings is 2. The van der Waals surface area contributed by atoms with Gasteiger partial charge < -0.3 is 5.32 Å². The minimum atomic E-state index is -4.42. The van der Waals surface area contributed by atoms with Crippen LogP contribution in [0.15, 0.2) is 60.2 Å². The third-order valence-electron chi connectivity index (χ3n) is 3.46. The molecule has 0 bridgehead atoms. The summed E-state index contributed by atoms with van der Waals surface area (Å²) in [5, 5.41) is 11.7. The molecule has 0 radical (unpaired) electrons. The number of amides is 1. The second kappa shape index (κ2) is 8.15. The summed E-state index contributed by atoms with van der Waals surface area (Å²) in [6.07, 6.45) is -2.54. The standard InChI is InChI=1S/C19H15F3N2O/c20-19(21,22)17-8-6-15(7-9-17)12-16(13-23)18(25)24-11-10-14-4-2-1-3-5-14/h1-9,12H,10-11H2,(H,24,25). The smallest absolute Gasteiger partial charge is 0.351 e. The zero-order valence-corrected chi connectivity index (χ0v) is 13.2. The van der Waals surface area contributed by atoms with Crippen LogP contribution in [-0.2, 0) is 17.4 Å². The Hall–Kier alpha value is -3.07. The lowest BCUT2D eigenvalue weighted by Crippen LogP contribution is -2.26. The van der Waals surface area contributed by atoms with Gasteiger partial charge >= 0.3 is 6.18 Å². The first-order valence-corrected chi connectivity index (χ1v) is 7.51. The zero-order valence-electron chi connectivity index (χ0n) is 13.2. The predicted octanol–water partition coefficient (Wildman–Crippen LogP) is 3.97. The van der Waals surface area contributed by atoms with E-state index in [9.17, 15) is 18.0 Å². The quantitative estimate of drug-likeness (QED) is 0.659. The average Bonchev–Trinajstić information content (AvgIpc) is 2.60. The van der Waals surface area contributed by atoms with Crippen LogP contribution in [0.5, 0.6) is 0 Å². The van der Waals surface area contributed by atoms with Crippen LogP contribution in [0.25, 0.3) is 6.08 Å². The lowest BCUT2D eigenvalue weighted by atomic mass is 10.1. The van der Waals surface area contributed by atoms with E-state index in [0.717, 1.165) is 17.7 Å². The summed E-state index contributed by atoms with van der Waals surface area (Å²) < 4.78 is 37.6. The number of carbonyl (C=O) groups is 1. The summed E-state index contributed by atoms with van der Waals surface area (Å²) in [6.45, 7) is 0.356. The van der Waals surface area contributed by atoms with Crippen molar-refractivity contribution in [2.75, 3.05) is 6.54 Å². The highest BCUT2D eigenvalue weighted by Crippen LogP contribution is 2.29. The van der Waals surface area contributed by atoms with Gasteiger partial charge in [-0.25, -0.2) is 0 Å². The number of nitrogens with one attached hydrogen (secondary N) is 1. The van der Waals surface area contributed by atoms with E-state index in [1.54, 1.807) is 6.07 Å². The molecule has 0 saturated carbocycles. The van der Waals surface area contributed by atoms with Crippen LogP contribution in [-0.4, -0.2) is 12.5 Å². The van der Waals surface area contributed by atoms with Crippen molar-refractivity contribution in [1.82, 2.24) is 5.32 Å². The Kier molecular flexibility index (Phi) is 5.96. The summed E-state index contributed by atoms with van der Waals surface area (Å²) in [6, 6.07) is 15.6. The molecule has 0 spiro atoms. The molecule has 25 heavy (non-hydrogen) atoms. The molecule has 1 N–H and O–H groups in total. The summed E-state index contributed by atoms with van der Waals surface area (Å²) >= 11 is 0. The number of nitrogens with zero attached hydrogens (tertiary/aromatic N) is 1. The number of carbonyl (C=O) groups excluding carboxylic acids is 1. The molecule has 0 aliphatic rings. The normalized spacial score (nSPS) is 11.7. The van der Waals surface area contributed by atoms with Gasteiger partial charge in [0.15, 0.2) is 0 Å². The van der Waals surface area contributed by atoms with Crippen molar-refractivity contribution >= 4 is 12.0 Å². The molecule has 3 nitrogen and oxygen atoms in total. The highest BCUT2D eigenvalue weighted by Gasteiger charge is 2.29. The van der Waals surface area contributed by atoms with E-state index >= 15 is 0 Å². The lowest BCUT2D eigenvalue weighted by molar-refractivity contribution is -0.137. The van der Waals surface area contributed by atoms with Gasteiger partial charge in [-0.1, -0.05) is 42.5 Å². The minimum absolute atomic E-state index is 0.159. The van der Waals surface area contributed by atoms with E-state index in [1.165, 1.54) is 18.2 Å². The molecule has 1 amide bonds. The predicted molar refractivity (Wildman–Crippen MR) is 88.2 cm³/mol. The maximum Gasteiger partial charge on any atom is 0.416 e. The van der Waals surface area contributed by atoms with Crippen LogP contribution in [0.3, 0.4) is 0 Å². The van der Waals surface area contributed by atoms with Crippen LogP contribution in [0.4, 0.5) is 13.2 Å². The van der Waals surface area contributed by atoms with Crippen molar-refractivity contribution < 1.29 is 18.0 Å². The van der Waals surface area contributed by atoms with Crippen molar-refractivity contribution in [3.05, 3.63) is 76.9 Å². The topological polar surface area (TPSA) is 52.9 Å². The fourth-order valence-electron chi connectivity index (χ4n) is 2.14. The van der Waals surface area contributed by atoms with E-state index in [1.807, 2.05) is 30.3 Å². The molecule has 0 heterocycles. The Labute approximate surface area is 143 Å². The Bertz CT molecular complexity index is 788. The number of hydrogen-bond acceptors (Lipinski definition) is 2. The van der Waals surface area contributed by atoms with E-state index in [0.29, 0.717) is 18.5 Å². The van der Waals surface area contributed by atoms with Gasteiger partial charge in [-0.3, -0.25) is 4.79 Å². The van der Waals surface area contributed by atoms with E-state index < -0.39 is 17.6 Å². The van der Waals surface area contributed by atoms with Crippen LogP contribution in [0.1, 0.15) is 16.7 Å². The molecule has 6 heteroatoms. The highest BCUT2D eigenvalue weighted by atomic mass is 19.4. The summed E-state index contributed by atoms with van der Waals surface area (Å²) in [7, 11) is 0. The fourth-order valence-corrected chi connectivity index (χ4v) is 2.14. The molecular formula is C19H15F3N2O. The second-order valence-corrected chi connectivity index (χ2v) is 5.28. The van der Waals surface area contributed by atoms with Gasteiger partial charge in [-0.2, -0.15) is 18.4 Å². The van der Waals surface area contributed by atoms with Crippen molar-refractivity contribution in [1.29, 1.82) is 5.26 Å². The maximum atomic E-state index is 12.5. The molecule has 2 aromatic carbocycles. The molecular weight excluding hydrogens is 329 g/mol. The van der Waals surface area contributed by atoms with Gasteiger partial charge in [0.1, 0.15) is 11.6 Å². The van der Waals surface area contributed by atoms with E-state index in [2.05, 4.69) is 5.32 Å². The first kappa shape index (κ1) is 18.3. The molecule has 0 aliphatic carbocycles. The Balaban J connectivity index is 1.99. The van der Waals surface area contributed by atoms with Crippen molar-refractivity contribution in [3.8, 4) is 6.07 Å². The number of nitriles is 1. The molecule has 2 rings (SSSR count). The maximum absolute atomic E-state index is 12.5. The Morgan fingerprint density at radius 3 is 2.28 bits per heavy atom. The number of alkyl halides is 3. The van der Waals surface area contributed by atoms with Crippen LogP contribution < -0.4 is 5.32 Å². The van der Waals surface area contributed by atoms with E-state index in [-0.39, 0.29) is 5.57 Å². The van der Waals surface area contributed by atoms with Crippen molar-refractivity contribution in [2.24, 2.45) is 0 Å². The van der Waals surface area contributed by atoms with Gasteiger partial charge in [0.05, 0.1) is 5.56 Å². The van der Waals surface area contributed by atoms with Gasteiger partial charge in [-0.05, 0) is 35.8 Å². The minimum Gasteiger partial charge on any atom is -0.351 e. The molecule has 0 atom stereocenters. The lowest BCUT2D eigenvalue weighted by Gasteiger charge is -2.07. The third kappa shape index (κ3) is 5.50. The molecule has 2 aromatic rings. The summed E-state index contributed by atoms with van der Waals surface area (Å²) in [4.78, 5) is 12.0. The molecule has 128 valence electrons. The average molecular weight is 344 g/mol. The van der Waals surface area contributed by atoms with Crippen LogP contribution >= 0.6 is 0 Å². The number of halogens is 3. The second-order valence-electron chi connectivity index (χ2n) is 5.28. The molecule has 0 unspecified atom stereocenters. The largest absolute Gasteiger partial charge is 0.416 e. The van der Waals surface area contributed by atoms with Crippen molar-refractivity contribution in [2.45, 2.75) is 12.6 Å². The highest BCUT2D eigenvalue weighted by molar-refractivity contribution is 6.01. The van der Waals surface area contributed by atoms with Crippen molar-refractivity contribution in [3.63, 3.8) is 0 Å². The molecule has 0 saturated heterocycles. The van der Waals surface area contributed by atoms with Gasteiger partial charge in [0.25, 0.3) is 5.91 Å². The van der Waals surface area contributed by atoms with E-state index in [4.69, 9.17) is 5.26 Å². The monoisotopic (exact) mass is 344 g/mol. The molecule has 0 aliphatic heterocycles. The summed E-state index contributed by atoms with van der Waals surface area (Å²) in [5.41, 5.74) is 0.457. The fraction of sp³-hybridized carbons (Fsp3) is 0.158. The zero-order chi connectivity index (χ0) is 18.3. The Morgan fingerprint density at radius 2 is 1.72 bits per heavy atom. The first-order valence-electron chi connectivity index (χ1n) is 7.51. The summed E-state index contributed by atoms with van der Waals surface area (Å²) in [5.74, 6) is -0.557. The SMILES string of the molecule is N#CC(=Cc1ccc(C(F)(F)F)cc1)C(=O)NCCc1ccccc1. The van der Waals surface area contributed by atoms with Gasteiger partial charge in [0.2, 0.25) is 0 Å².